The first-order chi connectivity index (χ1) is 14.6. The number of nitrogens with zero attached hydrogens (tertiary/aromatic N) is 3. The van der Waals surface area contributed by atoms with Crippen LogP contribution in [0.2, 0.25) is 0 Å². The summed E-state index contributed by atoms with van der Waals surface area (Å²) >= 11 is 0.860. The maximum atomic E-state index is 12.4. The minimum absolute atomic E-state index is 0.0548. The lowest BCUT2D eigenvalue weighted by Crippen LogP contribution is -2.21. The Kier molecular flexibility index (Phi) is 5.67. The fourth-order valence-corrected chi connectivity index (χ4v) is 3.83. The van der Waals surface area contributed by atoms with Crippen molar-refractivity contribution in [2.45, 2.75) is 13.1 Å². The number of nitrogens with one attached hydrogen (secondary N) is 1. The predicted octanol–water partition coefficient (Wildman–Crippen LogP) is 4.50. The zero-order chi connectivity index (χ0) is 20.9. The molecule has 0 atom stereocenters. The summed E-state index contributed by atoms with van der Waals surface area (Å²) in [6.07, 6.45) is 1.92. The molecule has 8 heteroatoms. The van der Waals surface area contributed by atoms with E-state index in [1.54, 1.807) is 0 Å². The molecule has 0 saturated carbocycles. The topological polar surface area (TPSA) is 90.1 Å². The van der Waals surface area contributed by atoms with E-state index in [0.717, 1.165) is 33.7 Å². The molecule has 0 radical (unpaired) electrons. The lowest BCUT2D eigenvalue weighted by atomic mass is 10.1. The molecule has 0 unspecified atom stereocenters. The van der Waals surface area contributed by atoms with Crippen molar-refractivity contribution in [2.24, 2.45) is 0 Å². The molecule has 4 rings (SSSR count). The van der Waals surface area contributed by atoms with E-state index >= 15 is 0 Å². The van der Waals surface area contributed by atoms with Crippen molar-refractivity contribution in [2.75, 3.05) is 0 Å². The lowest BCUT2D eigenvalue weighted by Gasteiger charge is -2.04. The fraction of sp³-hybridized carbons (Fsp3) is 0.0909. The van der Waals surface area contributed by atoms with Gasteiger partial charge in [0.2, 0.25) is 0 Å². The minimum Gasteiger partial charge on any atom is -0.347 e. The van der Waals surface area contributed by atoms with Gasteiger partial charge in [0, 0.05) is 29.9 Å². The van der Waals surface area contributed by atoms with Gasteiger partial charge in [-0.05, 0) is 11.6 Å². The van der Waals surface area contributed by atoms with Gasteiger partial charge in [-0.2, -0.15) is 5.10 Å². The van der Waals surface area contributed by atoms with Gasteiger partial charge in [-0.3, -0.25) is 19.6 Å². The molecule has 4 aromatic rings. The van der Waals surface area contributed by atoms with Gasteiger partial charge in [0.15, 0.2) is 0 Å². The van der Waals surface area contributed by atoms with Gasteiger partial charge in [-0.25, -0.2) is 0 Å². The number of aromatic nitrogens is 2. The third-order valence-corrected chi connectivity index (χ3v) is 5.54. The van der Waals surface area contributed by atoms with Crippen LogP contribution in [-0.4, -0.2) is 20.6 Å². The third-order valence-electron chi connectivity index (χ3n) is 4.51. The number of hydrogen-bond donors (Lipinski definition) is 1. The average Bonchev–Trinajstić information content (AvgIpc) is 3.41. The molecule has 30 heavy (non-hydrogen) atoms. The average molecular weight is 418 g/mol. The van der Waals surface area contributed by atoms with Crippen LogP contribution in [0, 0.1) is 10.1 Å². The Morgan fingerprint density at radius 3 is 2.40 bits per heavy atom. The van der Waals surface area contributed by atoms with E-state index in [-0.39, 0.29) is 17.5 Å². The summed E-state index contributed by atoms with van der Waals surface area (Å²) in [6.45, 7) is 0.884. The van der Waals surface area contributed by atoms with Crippen molar-refractivity contribution < 1.29 is 9.72 Å². The Morgan fingerprint density at radius 1 is 1.03 bits per heavy atom. The Balaban J connectivity index is 1.56. The number of rotatable bonds is 7. The van der Waals surface area contributed by atoms with E-state index < -0.39 is 4.92 Å². The fourth-order valence-electron chi connectivity index (χ4n) is 3.09. The van der Waals surface area contributed by atoms with E-state index in [9.17, 15) is 14.9 Å². The molecule has 2 heterocycles. The molecule has 0 aliphatic carbocycles. The first kappa shape index (κ1) is 19.5. The predicted molar refractivity (Wildman–Crippen MR) is 115 cm³/mol. The van der Waals surface area contributed by atoms with Crippen molar-refractivity contribution in [3.8, 4) is 11.3 Å². The van der Waals surface area contributed by atoms with Gasteiger partial charge in [0.25, 0.3) is 5.91 Å². The monoisotopic (exact) mass is 418 g/mol. The standard InChI is InChI=1S/C22H18N4O3S/c27-22(19-11-12-20(30-19)26(28)29)23-13-18-15-25(14-16-7-3-1-4-8-16)24-21(18)17-9-5-2-6-10-17/h1-12,15H,13-14H2,(H,23,27). The normalized spacial score (nSPS) is 10.7. The van der Waals surface area contributed by atoms with Gasteiger partial charge < -0.3 is 5.32 Å². The van der Waals surface area contributed by atoms with Crippen molar-refractivity contribution in [3.63, 3.8) is 0 Å². The summed E-state index contributed by atoms with van der Waals surface area (Å²) in [6, 6.07) is 22.6. The van der Waals surface area contributed by atoms with Gasteiger partial charge in [-0.1, -0.05) is 72.0 Å². The van der Waals surface area contributed by atoms with Crippen LogP contribution in [-0.2, 0) is 13.1 Å². The number of amides is 1. The summed E-state index contributed by atoms with van der Waals surface area (Å²) in [5, 5.41) is 18.4. The Hall–Kier alpha value is -3.78. The van der Waals surface area contributed by atoms with Gasteiger partial charge in [-0.15, -0.1) is 0 Å². The SMILES string of the molecule is O=C(NCc1cn(Cc2ccccc2)nc1-c1ccccc1)c1ccc([N+](=O)[O-])s1. The van der Waals surface area contributed by atoms with Gasteiger partial charge in [0.05, 0.1) is 22.0 Å². The molecule has 1 amide bonds. The maximum Gasteiger partial charge on any atom is 0.324 e. The highest BCUT2D eigenvalue weighted by molar-refractivity contribution is 7.17. The molecule has 0 fully saturated rings. The number of thiophene rings is 1. The second kappa shape index (κ2) is 8.71. The van der Waals surface area contributed by atoms with E-state index in [2.05, 4.69) is 5.32 Å². The molecule has 0 bridgehead atoms. The van der Waals surface area contributed by atoms with E-state index in [4.69, 9.17) is 5.10 Å². The first-order valence-electron chi connectivity index (χ1n) is 9.28. The Morgan fingerprint density at radius 2 is 1.73 bits per heavy atom. The van der Waals surface area contributed by atoms with Crippen LogP contribution in [0.25, 0.3) is 11.3 Å². The second-order valence-corrected chi connectivity index (χ2v) is 7.69. The zero-order valence-corrected chi connectivity index (χ0v) is 16.7. The van der Waals surface area contributed by atoms with Crippen molar-refractivity contribution in [1.82, 2.24) is 15.1 Å². The molecule has 0 aliphatic rings. The van der Waals surface area contributed by atoms with Crippen molar-refractivity contribution >= 4 is 22.2 Å². The molecule has 150 valence electrons. The van der Waals surface area contributed by atoms with Crippen LogP contribution >= 0.6 is 11.3 Å². The van der Waals surface area contributed by atoms with Gasteiger partial charge in [0.1, 0.15) is 0 Å². The van der Waals surface area contributed by atoms with Crippen LogP contribution in [0.3, 0.4) is 0 Å². The summed E-state index contributed by atoms with van der Waals surface area (Å²) < 4.78 is 1.86. The van der Waals surface area contributed by atoms with Crippen LogP contribution in [0.5, 0.6) is 0 Å². The molecule has 2 aromatic heterocycles. The largest absolute Gasteiger partial charge is 0.347 e. The van der Waals surface area contributed by atoms with Gasteiger partial charge >= 0.3 is 5.00 Å². The van der Waals surface area contributed by atoms with Crippen LogP contribution in [0.4, 0.5) is 5.00 Å². The zero-order valence-electron chi connectivity index (χ0n) is 15.9. The molecule has 0 spiro atoms. The number of carbonyl (C=O) groups excluding carboxylic acids is 1. The smallest absolute Gasteiger partial charge is 0.324 e. The number of hydrogen-bond acceptors (Lipinski definition) is 5. The number of benzene rings is 2. The van der Waals surface area contributed by atoms with Crippen LogP contribution in [0.1, 0.15) is 20.8 Å². The molecule has 1 N–H and O–H groups in total. The molecular formula is C22H18N4O3S. The maximum absolute atomic E-state index is 12.4. The number of nitro groups is 1. The summed E-state index contributed by atoms with van der Waals surface area (Å²) in [5.74, 6) is -0.345. The molecular weight excluding hydrogens is 400 g/mol. The summed E-state index contributed by atoms with van der Waals surface area (Å²) in [7, 11) is 0. The van der Waals surface area contributed by atoms with E-state index in [1.165, 1.54) is 12.1 Å². The lowest BCUT2D eigenvalue weighted by molar-refractivity contribution is -0.380. The minimum atomic E-state index is -0.497. The molecule has 2 aromatic carbocycles. The molecule has 7 nitrogen and oxygen atoms in total. The number of carbonyl (C=O) groups is 1. The molecule has 0 aliphatic heterocycles. The highest BCUT2D eigenvalue weighted by Crippen LogP contribution is 2.25. The van der Waals surface area contributed by atoms with E-state index in [1.807, 2.05) is 71.5 Å². The highest BCUT2D eigenvalue weighted by Gasteiger charge is 2.17. The third kappa shape index (κ3) is 4.44. The highest BCUT2D eigenvalue weighted by atomic mass is 32.1. The first-order valence-corrected chi connectivity index (χ1v) is 10.1. The van der Waals surface area contributed by atoms with E-state index in [0.29, 0.717) is 11.4 Å². The molecule has 0 saturated heterocycles. The summed E-state index contributed by atoms with van der Waals surface area (Å²) in [4.78, 5) is 23.1. The van der Waals surface area contributed by atoms with Crippen LogP contribution < -0.4 is 5.32 Å². The quantitative estimate of drug-likeness (QED) is 0.353. The van der Waals surface area contributed by atoms with Crippen molar-refractivity contribution in [1.29, 1.82) is 0 Å². The Bertz CT molecular complexity index is 1170. The second-order valence-electron chi connectivity index (χ2n) is 6.63. The van der Waals surface area contributed by atoms with Crippen molar-refractivity contribution in [3.05, 3.63) is 105 Å². The Labute approximate surface area is 176 Å². The summed E-state index contributed by atoms with van der Waals surface area (Å²) in [5.41, 5.74) is 3.75. The van der Waals surface area contributed by atoms with Crippen LogP contribution in [0.15, 0.2) is 79.0 Å².